The molecule has 1 atom stereocenters. The number of fused-ring (bicyclic) bond motifs is 1. The van der Waals surface area contributed by atoms with E-state index in [0.717, 1.165) is 30.8 Å². The smallest absolute Gasteiger partial charge is 0.323 e. The predicted octanol–water partition coefficient (Wildman–Crippen LogP) is 1.76. The van der Waals surface area contributed by atoms with E-state index >= 15 is 0 Å². The Morgan fingerprint density at radius 2 is 2.25 bits per heavy atom. The van der Waals surface area contributed by atoms with Gasteiger partial charge in [0.05, 0.1) is 12.2 Å². The fourth-order valence-corrected chi connectivity index (χ4v) is 2.35. The molecule has 0 fully saturated rings. The number of carboxylic acid groups (broad SMARTS) is 1. The van der Waals surface area contributed by atoms with Gasteiger partial charge in [-0.2, -0.15) is 0 Å². The normalized spacial score (nSPS) is 16.9. The molecule has 88 valence electrons. The lowest BCUT2D eigenvalue weighted by molar-refractivity contribution is -0.136. The first kappa shape index (κ1) is 11.5. The van der Waals surface area contributed by atoms with E-state index in [4.69, 9.17) is 16.7 Å². The molecule has 0 saturated carbocycles. The van der Waals surface area contributed by atoms with Gasteiger partial charge in [0.25, 0.3) is 0 Å². The lowest BCUT2D eigenvalue weighted by atomic mass is 10.0. The van der Waals surface area contributed by atoms with Gasteiger partial charge in [-0.25, -0.2) is 4.98 Å². The minimum Gasteiger partial charge on any atom is -0.480 e. The molecule has 16 heavy (non-hydrogen) atoms. The highest BCUT2D eigenvalue weighted by Gasteiger charge is 2.22. The fraction of sp³-hybridized carbons (Fsp3) is 0.636. The van der Waals surface area contributed by atoms with E-state index in [9.17, 15) is 4.79 Å². The van der Waals surface area contributed by atoms with Crippen LogP contribution in [0.3, 0.4) is 0 Å². The van der Waals surface area contributed by atoms with Crippen LogP contribution in [0.5, 0.6) is 0 Å². The summed E-state index contributed by atoms with van der Waals surface area (Å²) in [5.74, 6) is -0.0990. The molecule has 0 aromatic carbocycles. The molecule has 0 radical (unpaired) electrons. The van der Waals surface area contributed by atoms with Crippen LogP contribution in [0.2, 0.25) is 0 Å². The van der Waals surface area contributed by atoms with Gasteiger partial charge < -0.3 is 9.67 Å². The maximum Gasteiger partial charge on any atom is 0.323 e. The predicted molar refractivity (Wildman–Crippen MR) is 60.9 cm³/mol. The lowest BCUT2D eigenvalue weighted by Gasteiger charge is -2.15. The lowest BCUT2D eigenvalue weighted by Crippen LogP contribution is -2.22. The molecule has 0 aliphatic heterocycles. The summed E-state index contributed by atoms with van der Waals surface area (Å²) < 4.78 is 1.96. The number of aliphatic carboxylic acids is 1. The van der Waals surface area contributed by atoms with E-state index in [-0.39, 0.29) is 0 Å². The molecule has 0 spiro atoms. The van der Waals surface area contributed by atoms with E-state index in [0.29, 0.717) is 6.54 Å². The molecule has 1 aliphatic carbocycles. The second kappa shape index (κ2) is 4.45. The first-order valence-corrected chi connectivity index (χ1v) is 5.95. The van der Waals surface area contributed by atoms with Crippen LogP contribution in [-0.2, 0) is 24.2 Å². The average Bonchev–Trinajstić information content (AvgIpc) is 2.55. The Kier molecular flexibility index (Phi) is 3.19. The van der Waals surface area contributed by atoms with E-state index in [1.54, 1.807) is 0 Å². The molecule has 1 aromatic heterocycles. The summed E-state index contributed by atoms with van der Waals surface area (Å²) in [5, 5.41) is 7.93. The minimum atomic E-state index is -0.973. The Bertz CT molecular complexity index is 414. The van der Waals surface area contributed by atoms with Crippen molar-refractivity contribution in [3.63, 3.8) is 0 Å². The zero-order valence-corrected chi connectivity index (χ0v) is 10.00. The summed E-state index contributed by atoms with van der Waals surface area (Å²) in [6, 6.07) is 0. The van der Waals surface area contributed by atoms with Gasteiger partial charge in [0.2, 0.25) is 0 Å². The Morgan fingerprint density at radius 3 is 2.94 bits per heavy atom. The Labute approximate surface area is 99.2 Å². The monoisotopic (exact) mass is 242 g/mol. The molecular formula is C11H15ClN2O2. The van der Waals surface area contributed by atoms with Crippen molar-refractivity contribution in [1.29, 1.82) is 0 Å². The molecule has 1 heterocycles. The second-order valence-electron chi connectivity index (χ2n) is 4.18. The number of carbonyl (C=O) groups is 1. The summed E-state index contributed by atoms with van der Waals surface area (Å²) in [6.07, 6.45) is 4.31. The van der Waals surface area contributed by atoms with E-state index < -0.39 is 11.3 Å². The maximum absolute atomic E-state index is 10.7. The number of hydrogen-bond donors (Lipinski definition) is 1. The van der Waals surface area contributed by atoms with Crippen molar-refractivity contribution >= 4 is 17.6 Å². The standard InChI is InChI=1S/C11H15ClN2O2/c1-7-13-9-4-2-3-5-10(9)14(7)6-8(12)11(15)16/h8H,2-6H2,1H3,(H,15,16). The van der Waals surface area contributed by atoms with Gasteiger partial charge in [-0.1, -0.05) is 0 Å². The average molecular weight is 243 g/mol. The van der Waals surface area contributed by atoms with Gasteiger partial charge in [-0.3, -0.25) is 4.79 Å². The maximum atomic E-state index is 10.7. The number of halogens is 1. The van der Waals surface area contributed by atoms with Crippen molar-refractivity contribution < 1.29 is 9.90 Å². The topological polar surface area (TPSA) is 55.1 Å². The zero-order chi connectivity index (χ0) is 11.7. The third-order valence-electron chi connectivity index (χ3n) is 3.03. The van der Waals surface area contributed by atoms with Crippen molar-refractivity contribution in [2.75, 3.05) is 0 Å². The van der Waals surface area contributed by atoms with Crippen molar-refractivity contribution in [3.05, 3.63) is 17.2 Å². The highest BCUT2D eigenvalue weighted by atomic mass is 35.5. The third-order valence-corrected chi connectivity index (χ3v) is 3.36. The van der Waals surface area contributed by atoms with Crippen LogP contribution in [-0.4, -0.2) is 26.0 Å². The summed E-state index contributed by atoms with van der Waals surface area (Å²) in [5.41, 5.74) is 2.30. The molecule has 0 amide bonds. The number of aromatic nitrogens is 2. The minimum absolute atomic E-state index is 0.311. The first-order valence-electron chi connectivity index (χ1n) is 5.51. The quantitative estimate of drug-likeness (QED) is 0.822. The Morgan fingerprint density at radius 1 is 1.56 bits per heavy atom. The summed E-state index contributed by atoms with van der Waals surface area (Å²) in [4.78, 5) is 15.2. The summed E-state index contributed by atoms with van der Waals surface area (Å²) >= 11 is 5.77. The summed E-state index contributed by atoms with van der Waals surface area (Å²) in [6.45, 7) is 2.22. The van der Waals surface area contributed by atoms with Gasteiger partial charge in [0.15, 0.2) is 0 Å². The van der Waals surface area contributed by atoms with E-state index in [2.05, 4.69) is 4.98 Å². The molecule has 4 nitrogen and oxygen atoms in total. The van der Waals surface area contributed by atoms with E-state index in [1.807, 2.05) is 11.5 Å². The van der Waals surface area contributed by atoms with Gasteiger partial charge >= 0.3 is 5.97 Å². The van der Waals surface area contributed by atoms with Crippen LogP contribution in [0.4, 0.5) is 0 Å². The fourth-order valence-electron chi connectivity index (χ4n) is 2.22. The molecule has 2 rings (SSSR count). The van der Waals surface area contributed by atoms with Gasteiger partial charge in [0.1, 0.15) is 11.2 Å². The summed E-state index contributed by atoms with van der Waals surface area (Å²) in [7, 11) is 0. The van der Waals surface area contributed by atoms with Crippen LogP contribution in [0.25, 0.3) is 0 Å². The number of nitrogens with zero attached hydrogens (tertiary/aromatic N) is 2. The van der Waals surface area contributed by atoms with Crippen LogP contribution < -0.4 is 0 Å². The molecule has 1 aliphatic rings. The number of imidazole rings is 1. The highest BCUT2D eigenvalue weighted by molar-refractivity contribution is 6.29. The van der Waals surface area contributed by atoms with Gasteiger partial charge in [0, 0.05) is 5.69 Å². The van der Waals surface area contributed by atoms with E-state index in [1.165, 1.54) is 12.1 Å². The molecular weight excluding hydrogens is 228 g/mol. The van der Waals surface area contributed by atoms with Gasteiger partial charge in [-0.05, 0) is 32.6 Å². The molecule has 0 bridgehead atoms. The van der Waals surface area contributed by atoms with Crippen molar-refractivity contribution in [2.45, 2.75) is 44.5 Å². The van der Waals surface area contributed by atoms with Crippen molar-refractivity contribution in [3.8, 4) is 0 Å². The molecule has 0 saturated heterocycles. The second-order valence-corrected chi connectivity index (χ2v) is 4.70. The number of rotatable bonds is 3. The molecule has 1 aromatic rings. The molecule has 5 heteroatoms. The Hall–Kier alpha value is -1.03. The van der Waals surface area contributed by atoms with Crippen LogP contribution in [0, 0.1) is 6.92 Å². The third kappa shape index (κ3) is 2.07. The highest BCUT2D eigenvalue weighted by Crippen LogP contribution is 2.22. The molecule has 1 unspecified atom stereocenters. The van der Waals surface area contributed by atoms with Gasteiger partial charge in [-0.15, -0.1) is 11.6 Å². The first-order chi connectivity index (χ1) is 7.59. The van der Waals surface area contributed by atoms with Crippen molar-refractivity contribution in [2.24, 2.45) is 0 Å². The number of aryl methyl sites for hydroxylation is 2. The molecule has 1 N–H and O–H groups in total. The largest absolute Gasteiger partial charge is 0.480 e. The number of alkyl halides is 1. The van der Waals surface area contributed by atoms with Crippen LogP contribution >= 0.6 is 11.6 Å². The van der Waals surface area contributed by atoms with Crippen LogP contribution in [0.15, 0.2) is 0 Å². The van der Waals surface area contributed by atoms with Crippen LogP contribution in [0.1, 0.15) is 30.1 Å². The zero-order valence-electron chi connectivity index (χ0n) is 9.24. The number of hydrogen-bond acceptors (Lipinski definition) is 2. The number of carboxylic acids is 1. The SMILES string of the molecule is Cc1nc2c(n1CC(Cl)C(=O)O)CCCC2. The Balaban J connectivity index is 2.26. The van der Waals surface area contributed by atoms with Crippen molar-refractivity contribution in [1.82, 2.24) is 9.55 Å².